The minimum Gasteiger partial charge on any atom is -0.493 e. The number of nitrogens with zero attached hydrogens (tertiary/aromatic N) is 2. The van der Waals surface area contributed by atoms with Crippen molar-refractivity contribution in [1.82, 2.24) is 9.97 Å². The third-order valence-electron chi connectivity index (χ3n) is 1.27. The zero-order valence-corrected chi connectivity index (χ0v) is 8.38. The molecule has 0 aliphatic carbocycles. The lowest BCUT2D eigenvalue weighted by molar-refractivity contribution is 0.406. The maximum absolute atomic E-state index is 4.97. The molecule has 0 aliphatic rings. The fourth-order valence-electron chi connectivity index (χ4n) is 0.773. The van der Waals surface area contributed by atoms with Gasteiger partial charge in [0.2, 0.25) is 0 Å². The smallest absolute Gasteiger partial charge is 0.158 e. The maximum atomic E-state index is 4.97. The van der Waals surface area contributed by atoms with Crippen LogP contribution in [0.15, 0.2) is 6.20 Å². The average Bonchev–Trinajstić information content (AvgIpc) is 2.08. The molecule has 0 amide bonds. The Balaban J connectivity index is 0.000000561. The van der Waals surface area contributed by atoms with E-state index in [9.17, 15) is 0 Å². The number of aryl methyl sites for hydroxylation is 2. The Morgan fingerprint density at radius 2 is 1.83 bits per heavy atom. The van der Waals surface area contributed by atoms with Gasteiger partial charge in [-0.1, -0.05) is 13.8 Å². The summed E-state index contributed by atoms with van der Waals surface area (Å²) in [7, 11) is 1.61. The zero-order chi connectivity index (χ0) is 9.56. The summed E-state index contributed by atoms with van der Waals surface area (Å²) in [6.07, 6.45) is 1.68. The van der Waals surface area contributed by atoms with Gasteiger partial charge >= 0.3 is 0 Å². The van der Waals surface area contributed by atoms with Crippen LogP contribution in [0, 0.1) is 13.8 Å². The second kappa shape index (κ2) is 5.52. The highest BCUT2D eigenvalue weighted by molar-refractivity contribution is 5.22. The van der Waals surface area contributed by atoms with Gasteiger partial charge in [0.25, 0.3) is 0 Å². The number of rotatable bonds is 1. The molecule has 0 fully saturated rings. The van der Waals surface area contributed by atoms with Crippen molar-refractivity contribution in [2.24, 2.45) is 0 Å². The van der Waals surface area contributed by atoms with Crippen molar-refractivity contribution in [3.63, 3.8) is 0 Å². The molecule has 0 aliphatic heterocycles. The van der Waals surface area contributed by atoms with Gasteiger partial charge in [-0.05, 0) is 13.8 Å². The molecule has 3 heteroatoms. The van der Waals surface area contributed by atoms with E-state index < -0.39 is 0 Å². The number of hydrogen-bond donors (Lipinski definition) is 0. The third-order valence-corrected chi connectivity index (χ3v) is 1.27. The Kier molecular flexibility index (Phi) is 5.00. The summed E-state index contributed by atoms with van der Waals surface area (Å²) in [4.78, 5) is 8.08. The van der Waals surface area contributed by atoms with Crippen LogP contribution >= 0.6 is 0 Å². The van der Waals surface area contributed by atoms with Gasteiger partial charge in [-0.3, -0.25) is 0 Å². The molecule has 0 spiro atoms. The predicted molar refractivity (Wildman–Crippen MR) is 49.4 cm³/mol. The van der Waals surface area contributed by atoms with Gasteiger partial charge in [0.1, 0.15) is 5.82 Å². The molecule has 3 nitrogen and oxygen atoms in total. The van der Waals surface area contributed by atoms with Crippen molar-refractivity contribution in [2.75, 3.05) is 7.11 Å². The molecular weight excluding hydrogens is 152 g/mol. The van der Waals surface area contributed by atoms with Gasteiger partial charge in [-0.15, -0.1) is 0 Å². The number of aromatic nitrogens is 2. The highest BCUT2D eigenvalue weighted by Gasteiger charge is 1.97. The van der Waals surface area contributed by atoms with Crippen LogP contribution in [0.4, 0.5) is 0 Å². The summed E-state index contributed by atoms with van der Waals surface area (Å²) in [6.45, 7) is 7.75. The van der Waals surface area contributed by atoms with Gasteiger partial charge in [0.05, 0.1) is 19.0 Å². The molecule has 0 radical (unpaired) electrons. The molecule has 12 heavy (non-hydrogen) atoms. The van der Waals surface area contributed by atoms with Gasteiger partial charge in [0, 0.05) is 0 Å². The molecule has 1 rings (SSSR count). The quantitative estimate of drug-likeness (QED) is 0.644. The van der Waals surface area contributed by atoms with Crippen LogP contribution in [0.1, 0.15) is 25.4 Å². The third kappa shape index (κ3) is 2.86. The predicted octanol–water partition coefficient (Wildman–Crippen LogP) is 2.13. The molecule has 0 atom stereocenters. The minimum atomic E-state index is 0.741. The highest BCUT2D eigenvalue weighted by Crippen LogP contribution is 2.11. The van der Waals surface area contributed by atoms with E-state index >= 15 is 0 Å². The van der Waals surface area contributed by atoms with Gasteiger partial charge < -0.3 is 4.74 Å². The largest absolute Gasteiger partial charge is 0.493 e. The van der Waals surface area contributed by atoms with Crippen molar-refractivity contribution in [3.05, 3.63) is 17.7 Å². The Morgan fingerprint density at radius 1 is 1.25 bits per heavy atom. The summed E-state index contributed by atoms with van der Waals surface area (Å²) in [5.41, 5.74) is 0.884. The summed E-state index contributed by atoms with van der Waals surface area (Å²) in [6, 6.07) is 0. The lowest BCUT2D eigenvalue weighted by Gasteiger charge is -2.01. The fraction of sp³-hybridized carbons (Fsp3) is 0.556. The van der Waals surface area contributed by atoms with E-state index in [1.807, 2.05) is 27.7 Å². The average molecular weight is 168 g/mol. The molecule has 0 N–H and O–H groups in total. The van der Waals surface area contributed by atoms with E-state index in [-0.39, 0.29) is 0 Å². The number of methoxy groups -OCH3 is 1. The van der Waals surface area contributed by atoms with Crippen LogP contribution in [0.5, 0.6) is 5.75 Å². The molecule has 1 aromatic heterocycles. The van der Waals surface area contributed by atoms with Crippen LogP contribution in [-0.4, -0.2) is 17.1 Å². The van der Waals surface area contributed by atoms with Crippen molar-refractivity contribution >= 4 is 0 Å². The molecule has 68 valence electrons. The Morgan fingerprint density at radius 3 is 2.25 bits per heavy atom. The van der Waals surface area contributed by atoms with Crippen molar-refractivity contribution in [3.8, 4) is 5.75 Å². The van der Waals surface area contributed by atoms with E-state index in [2.05, 4.69) is 9.97 Å². The number of hydrogen-bond acceptors (Lipinski definition) is 3. The first kappa shape index (κ1) is 10.9. The summed E-state index contributed by atoms with van der Waals surface area (Å²) in [5, 5.41) is 0. The summed E-state index contributed by atoms with van der Waals surface area (Å²) in [5.74, 6) is 1.52. The Hall–Kier alpha value is -1.12. The lowest BCUT2D eigenvalue weighted by Crippen LogP contribution is -1.94. The van der Waals surface area contributed by atoms with Crippen LogP contribution in [0.25, 0.3) is 0 Å². The SMILES string of the molecule is CC.COc1cnc(C)nc1C. The monoisotopic (exact) mass is 168 g/mol. The first-order valence-electron chi connectivity index (χ1n) is 4.08. The number of ether oxygens (including phenoxy) is 1. The first-order valence-corrected chi connectivity index (χ1v) is 4.08. The Bertz CT molecular complexity index is 236. The highest BCUT2D eigenvalue weighted by atomic mass is 16.5. The van der Waals surface area contributed by atoms with E-state index in [1.54, 1.807) is 13.3 Å². The van der Waals surface area contributed by atoms with E-state index in [4.69, 9.17) is 4.74 Å². The van der Waals surface area contributed by atoms with E-state index in [0.717, 1.165) is 17.3 Å². The van der Waals surface area contributed by atoms with Gasteiger partial charge in [-0.2, -0.15) is 0 Å². The summed E-state index contributed by atoms with van der Waals surface area (Å²) < 4.78 is 4.97. The summed E-state index contributed by atoms with van der Waals surface area (Å²) >= 11 is 0. The maximum Gasteiger partial charge on any atom is 0.158 e. The lowest BCUT2D eigenvalue weighted by atomic mass is 10.4. The van der Waals surface area contributed by atoms with Crippen LogP contribution in [0.2, 0.25) is 0 Å². The standard InChI is InChI=1S/C7H10N2O.C2H6/c1-5-7(10-3)4-8-6(2)9-5;1-2/h4H,1-3H3;1-2H3. The van der Waals surface area contributed by atoms with Crippen molar-refractivity contribution < 1.29 is 4.74 Å². The van der Waals surface area contributed by atoms with E-state index in [0.29, 0.717) is 0 Å². The molecule has 0 saturated heterocycles. The van der Waals surface area contributed by atoms with Crippen molar-refractivity contribution in [1.29, 1.82) is 0 Å². The zero-order valence-electron chi connectivity index (χ0n) is 8.38. The van der Waals surface area contributed by atoms with Gasteiger partial charge in [-0.25, -0.2) is 9.97 Å². The second-order valence-electron chi connectivity index (χ2n) is 2.07. The second-order valence-corrected chi connectivity index (χ2v) is 2.07. The molecule has 0 aromatic carbocycles. The molecule has 0 unspecified atom stereocenters. The van der Waals surface area contributed by atoms with Gasteiger partial charge in [0.15, 0.2) is 5.75 Å². The normalized spacial score (nSPS) is 8.42. The van der Waals surface area contributed by atoms with Crippen LogP contribution in [-0.2, 0) is 0 Å². The topological polar surface area (TPSA) is 35.0 Å². The molecular formula is C9H16N2O. The minimum absolute atomic E-state index is 0.741. The van der Waals surface area contributed by atoms with Crippen molar-refractivity contribution in [2.45, 2.75) is 27.7 Å². The molecule has 1 heterocycles. The molecule has 1 aromatic rings. The molecule has 0 saturated carbocycles. The van der Waals surface area contributed by atoms with E-state index in [1.165, 1.54) is 0 Å². The van der Waals surface area contributed by atoms with Crippen LogP contribution < -0.4 is 4.74 Å². The Labute approximate surface area is 73.8 Å². The first-order chi connectivity index (χ1) is 5.74. The fourth-order valence-corrected chi connectivity index (χ4v) is 0.773. The van der Waals surface area contributed by atoms with Crippen LogP contribution in [0.3, 0.4) is 0 Å². The molecule has 0 bridgehead atoms.